The maximum atomic E-state index is 12.8. The number of thioether (sulfide) groups is 1. The molecule has 0 fully saturated rings. The molecule has 0 bridgehead atoms. The Morgan fingerprint density at radius 1 is 1.33 bits per heavy atom. The fourth-order valence-electron chi connectivity index (χ4n) is 2.44. The molecular weight excluding hydrogens is 326 g/mol. The summed E-state index contributed by atoms with van der Waals surface area (Å²) in [7, 11) is 1.66. The van der Waals surface area contributed by atoms with Crippen LogP contribution in [0, 0.1) is 6.92 Å². The maximum Gasteiger partial charge on any atom is 0.262 e. The van der Waals surface area contributed by atoms with Gasteiger partial charge >= 0.3 is 0 Å². The first-order valence-electron chi connectivity index (χ1n) is 7.72. The number of para-hydroxylation sites is 1. The first kappa shape index (κ1) is 16.7. The first-order chi connectivity index (χ1) is 11.7. The van der Waals surface area contributed by atoms with Crippen molar-refractivity contribution in [1.29, 1.82) is 0 Å². The summed E-state index contributed by atoms with van der Waals surface area (Å²) in [5, 5.41) is 5.20. The summed E-state index contributed by atoms with van der Waals surface area (Å²) in [6.07, 6.45) is 0.755. The number of fused-ring (bicyclic) bond motifs is 1. The zero-order valence-corrected chi connectivity index (χ0v) is 14.5. The Labute approximate surface area is 143 Å². The van der Waals surface area contributed by atoms with Crippen LogP contribution in [-0.2, 0) is 17.0 Å². The molecule has 0 aliphatic heterocycles. The second kappa shape index (κ2) is 7.63. The van der Waals surface area contributed by atoms with Crippen molar-refractivity contribution in [2.75, 3.05) is 13.7 Å². The molecule has 1 aromatic carbocycles. The van der Waals surface area contributed by atoms with Gasteiger partial charge in [0.1, 0.15) is 5.76 Å². The molecule has 0 unspecified atom stereocenters. The summed E-state index contributed by atoms with van der Waals surface area (Å²) >= 11 is 1.48. The van der Waals surface area contributed by atoms with Crippen molar-refractivity contribution in [1.82, 2.24) is 14.7 Å². The molecule has 0 radical (unpaired) electrons. The number of ether oxygens (including phenoxy) is 1. The minimum absolute atomic E-state index is 0.0204. The molecule has 0 aliphatic carbocycles. The van der Waals surface area contributed by atoms with Crippen LogP contribution in [0.2, 0.25) is 0 Å². The van der Waals surface area contributed by atoms with Crippen LogP contribution in [0.4, 0.5) is 0 Å². The molecule has 3 rings (SSSR count). The third-order valence-electron chi connectivity index (χ3n) is 3.58. The predicted octanol–water partition coefficient (Wildman–Crippen LogP) is 3.02. The lowest BCUT2D eigenvalue weighted by Gasteiger charge is -2.12. The standard InChI is InChI=1S/C17H19N3O3S/c1-12-10-13(23-19-12)11-24-17-18-15-7-4-3-6-14(15)16(21)20(17)8-5-9-22-2/h3-4,6-7,10H,5,8-9,11H2,1-2H3. The molecule has 2 heterocycles. The van der Waals surface area contributed by atoms with E-state index in [1.165, 1.54) is 11.8 Å². The van der Waals surface area contributed by atoms with E-state index in [0.717, 1.165) is 17.9 Å². The van der Waals surface area contributed by atoms with E-state index >= 15 is 0 Å². The number of aryl methyl sites for hydroxylation is 1. The van der Waals surface area contributed by atoms with Crippen molar-refractivity contribution in [3.05, 3.63) is 52.1 Å². The fraction of sp³-hybridized carbons (Fsp3) is 0.353. The number of benzene rings is 1. The molecule has 0 spiro atoms. The Bertz CT molecular complexity index is 888. The molecule has 24 heavy (non-hydrogen) atoms. The van der Waals surface area contributed by atoms with Crippen LogP contribution < -0.4 is 5.56 Å². The Kier molecular flexibility index (Phi) is 5.32. The van der Waals surface area contributed by atoms with E-state index < -0.39 is 0 Å². The minimum Gasteiger partial charge on any atom is -0.385 e. The lowest BCUT2D eigenvalue weighted by atomic mass is 10.2. The zero-order valence-electron chi connectivity index (χ0n) is 13.7. The number of aromatic nitrogens is 3. The molecule has 6 nitrogen and oxygen atoms in total. The summed E-state index contributed by atoms with van der Waals surface area (Å²) in [5.74, 6) is 1.35. The van der Waals surface area contributed by atoms with Crippen LogP contribution in [0.1, 0.15) is 17.9 Å². The number of rotatable bonds is 7. The van der Waals surface area contributed by atoms with E-state index in [1.807, 2.05) is 37.3 Å². The summed E-state index contributed by atoms with van der Waals surface area (Å²) in [5.41, 5.74) is 1.53. The normalized spacial score (nSPS) is 11.2. The molecule has 0 saturated heterocycles. The third-order valence-corrected chi connectivity index (χ3v) is 4.58. The number of hydrogen-bond acceptors (Lipinski definition) is 6. The second-order valence-electron chi connectivity index (χ2n) is 5.44. The van der Waals surface area contributed by atoms with Gasteiger partial charge in [0.2, 0.25) is 0 Å². The lowest BCUT2D eigenvalue weighted by molar-refractivity contribution is 0.189. The zero-order chi connectivity index (χ0) is 16.9. The van der Waals surface area contributed by atoms with Gasteiger partial charge < -0.3 is 9.26 Å². The highest BCUT2D eigenvalue weighted by molar-refractivity contribution is 7.98. The molecule has 2 aromatic heterocycles. The van der Waals surface area contributed by atoms with E-state index in [0.29, 0.717) is 35.0 Å². The maximum absolute atomic E-state index is 12.8. The first-order valence-corrected chi connectivity index (χ1v) is 8.71. The largest absolute Gasteiger partial charge is 0.385 e. The smallest absolute Gasteiger partial charge is 0.262 e. The summed E-state index contributed by atoms with van der Waals surface area (Å²) in [6, 6.07) is 9.30. The van der Waals surface area contributed by atoms with Crippen LogP contribution >= 0.6 is 11.8 Å². The van der Waals surface area contributed by atoms with E-state index in [9.17, 15) is 4.79 Å². The van der Waals surface area contributed by atoms with Crippen LogP contribution in [0.15, 0.2) is 44.8 Å². The Morgan fingerprint density at radius 3 is 2.92 bits per heavy atom. The van der Waals surface area contributed by atoms with Gasteiger partial charge in [0.05, 0.1) is 22.3 Å². The van der Waals surface area contributed by atoms with E-state index in [2.05, 4.69) is 10.1 Å². The Balaban J connectivity index is 1.93. The van der Waals surface area contributed by atoms with Crippen molar-refractivity contribution in [3.63, 3.8) is 0 Å². The molecule has 0 N–H and O–H groups in total. The molecule has 0 aliphatic rings. The van der Waals surface area contributed by atoms with Crippen LogP contribution in [0.3, 0.4) is 0 Å². The Hall–Kier alpha value is -2.12. The highest BCUT2D eigenvalue weighted by Crippen LogP contribution is 2.22. The van der Waals surface area contributed by atoms with Gasteiger partial charge in [0, 0.05) is 26.3 Å². The van der Waals surface area contributed by atoms with Crippen molar-refractivity contribution in [3.8, 4) is 0 Å². The van der Waals surface area contributed by atoms with Crippen molar-refractivity contribution in [2.45, 2.75) is 30.8 Å². The van der Waals surface area contributed by atoms with Gasteiger partial charge in [-0.25, -0.2) is 4.98 Å². The molecule has 0 atom stereocenters. The van der Waals surface area contributed by atoms with Crippen molar-refractivity contribution >= 4 is 22.7 Å². The summed E-state index contributed by atoms with van der Waals surface area (Å²) in [6.45, 7) is 3.06. The van der Waals surface area contributed by atoms with Gasteiger partial charge in [-0.2, -0.15) is 0 Å². The van der Waals surface area contributed by atoms with Crippen LogP contribution in [-0.4, -0.2) is 28.4 Å². The number of methoxy groups -OCH3 is 1. The van der Waals surface area contributed by atoms with Gasteiger partial charge in [0.15, 0.2) is 5.16 Å². The molecule has 0 saturated carbocycles. The van der Waals surface area contributed by atoms with Crippen molar-refractivity contribution < 1.29 is 9.26 Å². The minimum atomic E-state index is -0.0204. The fourth-order valence-corrected chi connectivity index (χ4v) is 3.34. The highest BCUT2D eigenvalue weighted by atomic mass is 32.2. The second-order valence-corrected chi connectivity index (χ2v) is 6.38. The molecular formula is C17H19N3O3S. The topological polar surface area (TPSA) is 70.2 Å². The van der Waals surface area contributed by atoms with Gasteiger partial charge in [-0.05, 0) is 25.5 Å². The Morgan fingerprint density at radius 2 is 2.17 bits per heavy atom. The molecule has 0 amide bonds. The quantitative estimate of drug-likeness (QED) is 0.372. The average Bonchev–Trinajstić information content (AvgIpc) is 3.01. The van der Waals surface area contributed by atoms with E-state index in [4.69, 9.17) is 9.26 Å². The van der Waals surface area contributed by atoms with Crippen LogP contribution in [0.5, 0.6) is 0 Å². The van der Waals surface area contributed by atoms with Gasteiger partial charge in [-0.15, -0.1) is 0 Å². The van der Waals surface area contributed by atoms with Gasteiger partial charge in [-0.3, -0.25) is 9.36 Å². The third kappa shape index (κ3) is 3.68. The monoisotopic (exact) mass is 345 g/mol. The number of nitrogens with zero attached hydrogens (tertiary/aromatic N) is 3. The SMILES string of the molecule is COCCCn1c(SCc2cc(C)no2)nc2ccccc2c1=O. The number of hydrogen-bond donors (Lipinski definition) is 0. The molecule has 3 aromatic rings. The predicted molar refractivity (Wildman–Crippen MR) is 93.3 cm³/mol. The van der Waals surface area contributed by atoms with Crippen LogP contribution in [0.25, 0.3) is 10.9 Å². The molecule has 7 heteroatoms. The van der Waals surface area contributed by atoms with Gasteiger partial charge in [0.25, 0.3) is 5.56 Å². The average molecular weight is 345 g/mol. The molecule has 126 valence electrons. The van der Waals surface area contributed by atoms with E-state index in [1.54, 1.807) is 11.7 Å². The van der Waals surface area contributed by atoms with Gasteiger partial charge in [-0.1, -0.05) is 29.1 Å². The lowest BCUT2D eigenvalue weighted by Crippen LogP contribution is -2.24. The van der Waals surface area contributed by atoms with E-state index in [-0.39, 0.29) is 5.56 Å². The summed E-state index contributed by atoms with van der Waals surface area (Å²) < 4.78 is 12.1. The van der Waals surface area contributed by atoms with Crippen molar-refractivity contribution in [2.24, 2.45) is 0 Å². The highest BCUT2D eigenvalue weighted by Gasteiger charge is 2.12. The summed E-state index contributed by atoms with van der Waals surface area (Å²) in [4.78, 5) is 17.5.